The first-order valence-electron chi connectivity index (χ1n) is 9.49. The Kier molecular flexibility index (Phi) is 6.76. The number of benzene rings is 2. The van der Waals surface area contributed by atoms with Crippen LogP contribution in [0.3, 0.4) is 0 Å². The summed E-state index contributed by atoms with van der Waals surface area (Å²) in [6, 6.07) is 12.8. The van der Waals surface area contributed by atoms with Gasteiger partial charge >= 0.3 is 0 Å². The number of carbonyl (C=O) groups excluding carboxylic acids is 1. The molecule has 0 saturated heterocycles. The van der Waals surface area contributed by atoms with E-state index in [2.05, 4.69) is 5.32 Å². The normalized spacial score (nSPS) is 14.1. The van der Waals surface area contributed by atoms with Crippen LogP contribution in [0.5, 0.6) is 11.5 Å². The number of carbonyl (C=O) groups is 1. The fourth-order valence-corrected chi connectivity index (χ4v) is 4.81. The number of hydrogen-bond acceptors (Lipinski definition) is 5. The largest absolute Gasteiger partial charge is 0.497 e. The molecule has 3 rings (SSSR count). The van der Waals surface area contributed by atoms with Gasteiger partial charge in [0, 0.05) is 31.3 Å². The Morgan fingerprint density at radius 1 is 1.07 bits per heavy atom. The van der Waals surface area contributed by atoms with Crippen molar-refractivity contribution in [1.29, 1.82) is 0 Å². The molecule has 8 heteroatoms. The summed E-state index contributed by atoms with van der Waals surface area (Å²) in [5.74, 6) is 0.730. The second-order valence-electron chi connectivity index (χ2n) is 6.88. The minimum atomic E-state index is -3.37. The van der Waals surface area contributed by atoms with Gasteiger partial charge in [-0.15, -0.1) is 0 Å². The number of ether oxygens (including phenoxy) is 2. The maximum atomic E-state index is 12.7. The molecule has 0 bridgehead atoms. The van der Waals surface area contributed by atoms with E-state index < -0.39 is 10.0 Å². The van der Waals surface area contributed by atoms with Crippen LogP contribution in [0.1, 0.15) is 27.9 Å². The van der Waals surface area contributed by atoms with Gasteiger partial charge < -0.3 is 14.8 Å². The Bertz CT molecular complexity index is 953. The highest BCUT2D eigenvalue weighted by Gasteiger charge is 2.26. The van der Waals surface area contributed by atoms with E-state index in [0.29, 0.717) is 36.6 Å². The Labute approximate surface area is 171 Å². The molecule has 0 unspecified atom stereocenters. The predicted octanol–water partition coefficient (Wildman–Crippen LogP) is 2.21. The summed E-state index contributed by atoms with van der Waals surface area (Å²) >= 11 is 0. The quantitative estimate of drug-likeness (QED) is 0.665. The zero-order valence-electron chi connectivity index (χ0n) is 16.7. The summed E-state index contributed by atoms with van der Waals surface area (Å²) in [5.41, 5.74) is 2.67. The summed E-state index contributed by atoms with van der Waals surface area (Å²) in [6.45, 7) is 1.17. The van der Waals surface area contributed by atoms with Crippen molar-refractivity contribution in [1.82, 2.24) is 9.62 Å². The van der Waals surface area contributed by atoms with E-state index in [1.54, 1.807) is 18.2 Å². The molecule has 2 aromatic rings. The van der Waals surface area contributed by atoms with Crippen LogP contribution in [0.4, 0.5) is 0 Å². The van der Waals surface area contributed by atoms with Gasteiger partial charge in [-0.2, -0.15) is 4.31 Å². The Hall–Kier alpha value is -2.58. The van der Waals surface area contributed by atoms with Crippen molar-refractivity contribution >= 4 is 15.9 Å². The van der Waals surface area contributed by atoms with Crippen LogP contribution < -0.4 is 14.8 Å². The van der Waals surface area contributed by atoms with Gasteiger partial charge in [0.25, 0.3) is 5.91 Å². The lowest BCUT2D eigenvalue weighted by Gasteiger charge is -2.28. The van der Waals surface area contributed by atoms with Crippen LogP contribution >= 0.6 is 0 Å². The molecule has 1 aliphatic rings. The molecule has 1 heterocycles. The van der Waals surface area contributed by atoms with E-state index in [1.165, 1.54) is 24.1 Å². The molecular formula is C21H26N2O5S. The number of fused-ring (bicyclic) bond motifs is 1. The maximum Gasteiger partial charge on any atom is 0.251 e. The molecule has 0 aromatic heterocycles. The highest BCUT2D eigenvalue weighted by atomic mass is 32.2. The number of nitrogens with zero attached hydrogens (tertiary/aromatic N) is 1. The first kappa shape index (κ1) is 21.1. The Morgan fingerprint density at radius 3 is 2.38 bits per heavy atom. The van der Waals surface area contributed by atoms with Gasteiger partial charge in [-0.1, -0.05) is 24.3 Å². The van der Waals surface area contributed by atoms with Crippen molar-refractivity contribution in [2.24, 2.45) is 0 Å². The van der Waals surface area contributed by atoms with Gasteiger partial charge in [-0.05, 0) is 36.1 Å². The summed E-state index contributed by atoms with van der Waals surface area (Å²) in [5, 5.41) is 2.76. The lowest BCUT2D eigenvalue weighted by molar-refractivity contribution is 0.0953. The van der Waals surface area contributed by atoms with Gasteiger partial charge in [0.1, 0.15) is 11.5 Å². The van der Waals surface area contributed by atoms with Crippen molar-refractivity contribution < 1.29 is 22.7 Å². The van der Waals surface area contributed by atoms with Gasteiger partial charge in [-0.3, -0.25) is 4.79 Å². The van der Waals surface area contributed by atoms with Crippen LogP contribution in [0.15, 0.2) is 42.5 Å². The first-order valence-corrected chi connectivity index (χ1v) is 11.1. The van der Waals surface area contributed by atoms with Crippen LogP contribution in [0.25, 0.3) is 0 Å². The number of nitrogens with one attached hydrogen (secondary N) is 1. The predicted molar refractivity (Wildman–Crippen MR) is 111 cm³/mol. The average molecular weight is 419 g/mol. The van der Waals surface area contributed by atoms with Crippen LogP contribution in [0.2, 0.25) is 0 Å². The Morgan fingerprint density at radius 2 is 1.72 bits per heavy atom. The van der Waals surface area contributed by atoms with Gasteiger partial charge in [0.2, 0.25) is 10.0 Å². The number of rotatable bonds is 8. The van der Waals surface area contributed by atoms with Crippen molar-refractivity contribution in [3.05, 3.63) is 59.2 Å². The summed E-state index contributed by atoms with van der Waals surface area (Å²) < 4.78 is 37.2. The van der Waals surface area contributed by atoms with E-state index in [4.69, 9.17) is 9.47 Å². The fourth-order valence-electron chi connectivity index (χ4n) is 3.33. The second kappa shape index (κ2) is 9.28. The molecule has 156 valence electrons. The molecule has 0 fully saturated rings. The van der Waals surface area contributed by atoms with Crippen molar-refractivity contribution in [3.8, 4) is 11.5 Å². The Balaban J connectivity index is 1.52. The highest BCUT2D eigenvalue weighted by molar-refractivity contribution is 7.89. The lowest BCUT2D eigenvalue weighted by Crippen LogP contribution is -2.38. The van der Waals surface area contributed by atoms with E-state index in [1.807, 2.05) is 24.3 Å². The third-order valence-electron chi connectivity index (χ3n) is 4.97. The fraction of sp³-hybridized carbons (Fsp3) is 0.381. The minimum Gasteiger partial charge on any atom is -0.497 e. The number of sulfonamides is 1. The van der Waals surface area contributed by atoms with E-state index in [0.717, 1.165) is 12.0 Å². The van der Waals surface area contributed by atoms with Crippen molar-refractivity contribution in [2.45, 2.75) is 19.4 Å². The number of amides is 1. The molecule has 1 amide bonds. The van der Waals surface area contributed by atoms with Gasteiger partial charge in [-0.25, -0.2) is 8.42 Å². The standard InChI is InChI=1S/C21H26N2O5S/c1-27-19-12-18(13-20(14-19)28-2)21(24)22-9-5-11-29(25,26)23-10-8-16-6-3-4-7-17(16)15-23/h3-4,6-7,12-14H,5,8-11,15H2,1-2H3,(H,22,24). The van der Waals surface area contributed by atoms with Crippen LogP contribution in [-0.2, 0) is 23.0 Å². The molecule has 1 aliphatic heterocycles. The maximum absolute atomic E-state index is 12.7. The van der Waals surface area contributed by atoms with E-state index in [9.17, 15) is 13.2 Å². The van der Waals surface area contributed by atoms with Crippen molar-refractivity contribution in [3.63, 3.8) is 0 Å². The monoisotopic (exact) mass is 418 g/mol. The summed E-state index contributed by atoms with van der Waals surface area (Å²) in [4.78, 5) is 12.4. The molecule has 29 heavy (non-hydrogen) atoms. The molecule has 0 aliphatic carbocycles. The second-order valence-corrected chi connectivity index (χ2v) is 8.97. The minimum absolute atomic E-state index is 0.00310. The zero-order valence-corrected chi connectivity index (χ0v) is 17.5. The highest BCUT2D eigenvalue weighted by Crippen LogP contribution is 2.23. The van der Waals surface area contributed by atoms with Gasteiger partial charge in [0.15, 0.2) is 0 Å². The average Bonchev–Trinajstić information content (AvgIpc) is 2.75. The third-order valence-corrected chi connectivity index (χ3v) is 6.87. The lowest BCUT2D eigenvalue weighted by atomic mass is 10.0. The van der Waals surface area contributed by atoms with E-state index in [-0.39, 0.29) is 18.2 Å². The van der Waals surface area contributed by atoms with Crippen molar-refractivity contribution in [2.75, 3.05) is 33.1 Å². The molecular weight excluding hydrogens is 392 g/mol. The molecule has 0 radical (unpaired) electrons. The number of methoxy groups -OCH3 is 2. The van der Waals surface area contributed by atoms with E-state index >= 15 is 0 Å². The molecule has 0 atom stereocenters. The smallest absolute Gasteiger partial charge is 0.251 e. The summed E-state index contributed by atoms with van der Waals surface area (Å²) in [7, 11) is -0.340. The number of hydrogen-bond donors (Lipinski definition) is 1. The summed E-state index contributed by atoms with van der Waals surface area (Å²) in [6.07, 6.45) is 1.07. The van der Waals surface area contributed by atoms with Crippen LogP contribution in [0, 0.1) is 0 Å². The van der Waals surface area contributed by atoms with Gasteiger partial charge in [0.05, 0.1) is 20.0 Å². The first-order chi connectivity index (χ1) is 13.9. The topological polar surface area (TPSA) is 84.9 Å². The molecule has 2 aromatic carbocycles. The molecule has 0 saturated carbocycles. The molecule has 7 nitrogen and oxygen atoms in total. The molecule has 0 spiro atoms. The molecule has 1 N–H and O–H groups in total. The SMILES string of the molecule is COc1cc(OC)cc(C(=O)NCCCS(=O)(=O)N2CCc3ccccc3C2)c1. The zero-order chi connectivity index (χ0) is 20.9. The van der Waals surface area contributed by atoms with Crippen LogP contribution in [-0.4, -0.2) is 51.7 Å². The third kappa shape index (κ3) is 5.27.